The van der Waals surface area contributed by atoms with Crippen LogP contribution in [0.15, 0.2) is 0 Å². The van der Waals surface area contributed by atoms with Gasteiger partial charge in [-0.3, -0.25) is 28.8 Å². The number of benzene rings is 2. The first-order chi connectivity index (χ1) is 28.0. The molecule has 0 bridgehead atoms. The molecule has 4 unspecified atom stereocenters. The van der Waals surface area contributed by atoms with Gasteiger partial charge in [-0.05, 0) is 136 Å². The maximum Gasteiger partial charge on any atom is 0.255 e. The van der Waals surface area contributed by atoms with Crippen LogP contribution in [0.2, 0.25) is 0 Å². The number of halogens is 6. The van der Waals surface area contributed by atoms with Gasteiger partial charge in [-0.15, -0.1) is 0 Å². The Hall–Kier alpha value is -0.720. The lowest BCUT2D eigenvalue weighted by molar-refractivity contribution is -0.126. The van der Waals surface area contributed by atoms with Gasteiger partial charge in [-0.25, -0.2) is 0 Å². The summed E-state index contributed by atoms with van der Waals surface area (Å²) in [6.07, 6.45) is -7.76. The van der Waals surface area contributed by atoms with Crippen molar-refractivity contribution in [3.63, 3.8) is 0 Å². The van der Waals surface area contributed by atoms with E-state index < -0.39 is 105 Å². The molecular weight excluding hydrogens is 1480 g/mol. The predicted molar refractivity (Wildman–Crippen MR) is 263 cm³/mol. The maximum atomic E-state index is 13.8. The van der Waals surface area contributed by atoms with Crippen molar-refractivity contribution in [1.29, 1.82) is 0 Å². The zero-order valence-electron chi connectivity index (χ0n) is 31.2. The van der Waals surface area contributed by atoms with E-state index in [9.17, 15) is 74.7 Å². The number of anilines is 2. The Balaban J connectivity index is 2.50. The van der Waals surface area contributed by atoms with Crippen LogP contribution in [-0.2, 0) is 9.59 Å². The number of amides is 6. The highest BCUT2D eigenvalue weighted by Gasteiger charge is 2.33. The summed E-state index contributed by atoms with van der Waals surface area (Å²) in [7, 11) is 2.67. The van der Waals surface area contributed by atoms with E-state index in [1.165, 1.54) is 14.1 Å². The summed E-state index contributed by atoms with van der Waals surface area (Å²) in [5.41, 5.74) is -0.593. The van der Waals surface area contributed by atoms with Gasteiger partial charge in [0.1, 0.15) is 0 Å². The molecule has 0 fully saturated rings. The Labute approximate surface area is 424 Å². The van der Waals surface area contributed by atoms with E-state index in [4.69, 9.17) is 0 Å². The van der Waals surface area contributed by atoms with E-state index in [1.807, 2.05) is 0 Å². The van der Waals surface area contributed by atoms with Gasteiger partial charge in [0.15, 0.2) is 12.2 Å². The zero-order chi connectivity index (χ0) is 45.9. The third-order valence-electron chi connectivity index (χ3n) is 8.04. The average Bonchev–Trinajstić information content (AvgIpc) is 3.20. The molecule has 0 heterocycles. The molecule has 0 saturated carbocycles. The van der Waals surface area contributed by atoms with Crippen LogP contribution in [0, 0.1) is 21.4 Å². The fraction of sp³-hybridized carbons (Fsp3) is 0.455. The molecule has 27 heteroatoms. The lowest BCUT2D eigenvalue weighted by atomic mass is 10.1. The topological polar surface area (TPSA) is 339 Å². The van der Waals surface area contributed by atoms with E-state index in [-0.39, 0.29) is 68.1 Å². The SMILES string of the molecule is CN(CC(O)CO)C(=O)c1c(I)c(NC(=O)C(O)CO)c(I)c(C(=O)NCC(O)CNC(=O)c2c(I)c(NC(=O)C(O)CO)c(I)c(C(=O)N(C)CC(O)CO)c2I)c1I. The molecule has 0 radical (unpaired) electrons. The van der Waals surface area contributed by atoms with Gasteiger partial charge in [0.05, 0.1) is 92.6 Å². The van der Waals surface area contributed by atoms with E-state index in [0.29, 0.717) is 0 Å². The smallest absolute Gasteiger partial charge is 0.255 e. The molecule has 2 rings (SSSR count). The largest absolute Gasteiger partial charge is 0.394 e. The van der Waals surface area contributed by atoms with Crippen molar-refractivity contribution in [1.82, 2.24) is 20.4 Å². The van der Waals surface area contributed by atoms with Crippen molar-refractivity contribution in [3.8, 4) is 0 Å². The van der Waals surface area contributed by atoms with E-state index in [2.05, 4.69) is 21.3 Å². The van der Waals surface area contributed by atoms with Gasteiger partial charge < -0.3 is 77.0 Å². The Morgan fingerprint density at radius 3 is 1.07 bits per heavy atom. The van der Waals surface area contributed by atoms with Gasteiger partial charge in [0, 0.05) is 47.4 Å². The number of carbonyl (C=O) groups is 6. The molecule has 0 saturated heterocycles. The van der Waals surface area contributed by atoms with Crippen molar-refractivity contribution < 1.29 is 74.7 Å². The van der Waals surface area contributed by atoms with E-state index in [0.717, 1.165) is 9.80 Å². The minimum absolute atomic E-state index is 0.0664. The summed E-state index contributed by atoms with van der Waals surface area (Å²) >= 11 is 10.5. The van der Waals surface area contributed by atoms with Crippen LogP contribution in [0.25, 0.3) is 0 Å². The average molecular weight is 1520 g/mol. The first kappa shape index (κ1) is 55.4. The number of rotatable bonds is 20. The summed E-state index contributed by atoms with van der Waals surface area (Å²) in [4.78, 5) is 82.2. The molecule has 0 aliphatic heterocycles. The normalized spacial score (nSPS) is 13.7. The quantitative estimate of drug-likeness (QED) is 0.0656. The van der Waals surface area contributed by atoms with Crippen LogP contribution in [0.1, 0.15) is 41.4 Å². The number of nitrogens with one attached hydrogen (secondary N) is 4. The Morgan fingerprint density at radius 2 is 0.783 bits per heavy atom. The number of likely N-dealkylation sites (N-methyl/N-ethyl adjacent to an activating group) is 2. The van der Waals surface area contributed by atoms with Crippen molar-refractivity contribution >= 4 is 182 Å². The first-order valence-corrected chi connectivity index (χ1v) is 23.4. The first-order valence-electron chi connectivity index (χ1n) is 16.9. The van der Waals surface area contributed by atoms with E-state index >= 15 is 0 Å². The molecule has 21 nitrogen and oxygen atoms in total. The fourth-order valence-electron chi connectivity index (χ4n) is 4.87. The minimum atomic E-state index is -1.85. The van der Waals surface area contributed by atoms with Crippen LogP contribution in [0.5, 0.6) is 0 Å². The molecule has 0 aliphatic carbocycles. The molecule has 13 N–H and O–H groups in total. The highest BCUT2D eigenvalue weighted by atomic mass is 127. The number of hydrogen-bond donors (Lipinski definition) is 13. The Kier molecular flexibility index (Phi) is 23.7. The molecule has 6 amide bonds. The second-order valence-electron chi connectivity index (χ2n) is 12.6. The minimum Gasteiger partial charge on any atom is -0.394 e. The highest BCUT2D eigenvalue weighted by Crippen LogP contribution is 2.38. The van der Waals surface area contributed by atoms with Gasteiger partial charge >= 0.3 is 0 Å². The Bertz CT molecular complexity index is 1830. The van der Waals surface area contributed by atoms with Gasteiger partial charge in [0.2, 0.25) is 0 Å². The number of hydrogen-bond acceptors (Lipinski definition) is 15. The van der Waals surface area contributed by atoms with Crippen molar-refractivity contribution in [2.24, 2.45) is 0 Å². The van der Waals surface area contributed by atoms with Crippen LogP contribution in [-0.4, -0.2) is 188 Å². The Morgan fingerprint density at radius 1 is 0.483 bits per heavy atom. The van der Waals surface area contributed by atoms with Gasteiger partial charge in [-0.1, -0.05) is 0 Å². The summed E-state index contributed by atoms with van der Waals surface area (Å²) in [5.74, 6) is -5.21. The van der Waals surface area contributed by atoms with Crippen LogP contribution >= 0.6 is 136 Å². The summed E-state index contributed by atoms with van der Waals surface area (Å²) < 4.78 is 0.679. The summed E-state index contributed by atoms with van der Waals surface area (Å²) in [6, 6.07) is 0. The predicted octanol–water partition coefficient (Wildman–Crippen LogP) is -1.73. The summed E-state index contributed by atoms with van der Waals surface area (Å²) in [5, 5.41) is 97.7. The number of carbonyl (C=O) groups excluding carboxylic acids is 6. The van der Waals surface area contributed by atoms with Crippen LogP contribution < -0.4 is 21.3 Å². The van der Waals surface area contributed by atoms with Crippen LogP contribution in [0.3, 0.4) is 0 Å². The highest BCUT2D eigenvalue weighted by molar-refractivity contribution is 14.1. The van der Waals surface area contributed by atoms with Crippen molar-refractivity contribution in [2.45, 2.75) is 30.5 Å². The lowest BCUT2D eigenvalue weighted by Gasteiger charge is -2.25. The molecular formula is C33H40I6N6O15. The van der Waals surface area contributed by atoms with E-state index in [1.54, 1.807) is 136 Å². The fourth-order valence-corrected chi connectivity index (χ4v) is 13.6. The van der Waals surface area contributed by atoms with Gasteiger partial charge in [-0.2, -0.15) is 0 Å². The summed E-state index contributed by atoms with van der Waals surface area (Å²) in [6.45, 7) is -4.74. The molecule has 0 aliphatic rings. The standard InChI is InChI=1S/C33H40I6N6O15/c1-44(5-12(51)7-46)32(59)18-20(34)16(22(36)26(24(18)38)42-28(55)14(53)9-48)30(57)40-3-11(50)4-41-31(58)17-21(35)19(33(60)45(2)6-13(52)8-47)25(39)27(23(17)37)43-29(56)15(54)10-49/h11-15,46-54H,3-10H2,1-2H3,(H,40,57)(H,41,58)(H,42,55)(H,43,56). The third-order valence-corrected chi connectivity index (χ3v) is 14.5. The number of aliphatic hydroxyl groups excluding tert-OH is 9. The second kappa shape index (κ2) is 25.7. The van der Waals surface area contributed by atoms with Crippen molar-refractivity contribution in [2.75, 3.05) is 77.3 Å². The molecule has 60 heavy (non-hydrogen) atoms. The zero-order valence-corrected chi connectivity index (χ0v) is 44.1. The van der Waals surface area contributed by atoms with Crippen molar-refractivity contribution in [3.05, 3.63) is 43.7 Å². The number of aliphatic hydroxyl groups is 9. The van der Waals surface area contributed by atoms with Gasteiger partial charge in [0.25, 0.3) is 35.4 Å². The molecule has 334 valence electrons. The lowest BCUT2D eigenvalue weighted by Crippen LogP contribution is -2.41. The third kappa shape index (κ3) is 14.1. The molecule has 2 aromatic rings. The molecule has 0 aromatic heterocycles. The molecule has 0 spiro atoms. The monoisotopic (exact) mass is 1520 g/mol. The van der Waals surface area contributed by atoms with Crippen LogP contribution in [0.4, 0.5) is 11.4 Å². The number of nitrogens with zero attached hydrogens (tertiary/aromatic N) is 2. The maximum absolute atomic E-state index is 13.8. The molecule has 4 atom stereocenters. The molecule has 2 aromatic carbocycles. The second-order valence-corrected chi connectivity index (χ2v) is 19.1.